The van der Waals surface area contributed by atoms with E-state index in [1.165, 1.54) is 0 Å². The molecule has 1 aliphatic heterocycles. The van der Waals surface area contributed by atoms with Crippen LogP contribution in [0.4, 0.5) is 5.82 Å². The quantitative estimate of drug-likeness (QED) is 0.898. The van der Waals surface area contributed by atoms with E-state index in [1.807, 2.05) is 19.2 Å². The predicted octanol–water partition coefficient (Wildman–Crippen LogP) is 2.74. The van der Waals surface area contributed by atoms with Crippen molar-refractivity contribution in [2.24, 2.45) is 0 Å². The van der Waals surface area contributed by atoms with Crippen molar-refractivity contribution in [2.75, 3.05) is 18.5 Å². The fourth-order valence-electron chi connectivity index (χ4n) is 1.63. The van der Waals surface area contributed by atoms with Gasteiger partial charge in [-0.3, -0.25) is 0 Å². The van der Waals surface area contributed by atoms with Crippen LogP contribution in [-0.2, 0) is 4.74 Å². The van der Waals surface area contributed by atoms with Gasteiger partial charge in [-0.25, -0.2) is 4.98 Å². The molecule has 2 heterocycles. The van der Waals surface area contributed by atoms with Gasteiger partial charge < -0.3 is 10.1 Å². The van der Waals surface area contributed by atoms with Crippen molar-refractivity contribution in [3.8, 4) is 0 Å². The molecule has 2 rings (SSSR count). The van der Waals surface area contributed by atoms with Crippen LogP contribution in [0.2, 0.25) is 0 Å². The van der Waals surface area contributed by atoms with E-state index in [-0.39, 0.29) is 0 Å². The van der Waals surface area contributed by atoms with Crippen LogP contribution in [-0.4, -0.2) is 24.2 Å². The van der Waals surface area contributed by atoms with E-state index in [4.69, 9.17) is 4.74 Å². The number of nitrogens with one attached hydrogen (secondary N) is 1. The third-order valence-corrected chi connectivity index (χ3v) is 3.47. The Morgan fingerprint density at radius 1 is 1.47 bits per heavy atom. The van der Waals surface area contributed by atoms with Crippen LogP contribution in [0.1, 0.15) is 18.4 Å². The molecule has 82 valence electrons. The van der Waals surface area contributed by atoms with Crippen molar-refractivity contribution in [3.05, 3.63) is 22.3 Å². The van der Waals surface area contributed by atoms with Crippen LogP contribution in [0, 0.1) is 6.92 Å². The zero-order chi connectivity index (χ0) is 10.7. The first-order chi connectivity index (χ1) is 7.25. The van der Waals surface area contributed by atoms with Gasteiger partial charge in [0.2, 0.25) is 0 Å². The van der Waals surface area contributed by atoms with E-state index >= 15 is 0 Å². The summed E-state index contributed by atoms with van der Waals surface area (Å²) in [5, 5.41) is 3.43. The summed E-state index contributed by atoms with van der Waals surface area (Å²) < 4.78 is 6.41. The molecule has 0 saturated carbocycles. The molecule has 1 aromatic heterocycles. The molecule has 0 aromatic carbocycles. The van der Waals surface area contributed by atoms with Crippen molar-refractivity contribution in [2.45, 2.75) is 25.8 Å². The van der Waals surface area contributed by atoms with Gasteiger partial charge in [0.1, 0.15) is 5.82 Å². The molecule has 1 saturated heterocycles. The van der Waals surface area contributed by atoms with Gasteiger partial charge in [0.15, 0.2) is 0 Å². The highest BCUT2D eigenvalue weighted by molar-refractivity contribution is 9.10. The summed E-state index contributed by atoms with van der Waals surface area (Å²) in [5.74, 6) is 0.944. The number of ether oxygens (including phenoxy) is 1. The number of halogens is 1. The van der Waals surface area contributed by atoms with Gasteiger partial charge >= 0.3 is 0 Å². The molecule has 0 unspecified atom stereocenters. The highest BCUT2D eigenvalue weighted by Gasteiger charge is 2.13. The molecule has 0 bridgehead atoms. The molecule has 0 aliphatic carbocycles. The number of hydrogen-bond acceptors (Lipinski definition) is 3. The van der Waals surface area contributed by atoms with Crippen LogP contribution < -0.4 is 5.32 Å². The smallest absolute Gasteiger partial charge is 0.127 e. The highest BCUT2D eigenvalue weighted by Crippen LogP contribution is 2.20. The summed E-state index contributed by atoms with van der Waals surface area (Å²) in [6, 6.07) is 2.53. The van der Waals surface area contributed by atoms with E-state index in [0.29, 0.717) is 6.04 Å². The van der Waals surface area contributed by atoms with Crippen molar-refractivity contribution in [1.29, 1.82) is 0 Å². The SMILES string of the molecule is Cc1cnc(NC2CCOCC2)cc1Br. The standard InChI is InChI=1S/C11H15BrN2O/c1-8-7-13-11(6-10(8)12)14-9-2-4-15-5-3-9/h6-7,9H,2-5H2,1H3,(H,13,14). The largest absolute Gasteiger partial charge is 0.381 e. The lowest BCUT2D eigenvalue weighted by atomic mass is 10.1. The Kier molecular flexibility index (Phi) is 3.59. The van der Waals surface area contributed by atoms with Gasteiger partial charge in [0, 0.05) is 29.9 Å². The third-order valence-electron chi connectivity index (χ3n) is 2.61. The van der Waals surface area contributed by atoms with E-state index in [2.05, 4.69) is 26.2 Å². The van der Waals surface area contributed by atoms with Gasteiger partial charge in [0.25, 0.3) is 0 Å². The second kappa shape index (κ2) is 4.94. The van der Waals surface area contributed by atoms with E-state index < -0.39 is 0 Å². The summed E-state index contributed by atoms with van der Waals surface area (Å²) in [5.41, 5.74) is 1.16. The second-order valence-electron chi connectivity index (χ2n) is 3.85. The van der Waals surface area contributed by atoms with Crippen molar-refractivity contribution >= 4 is 21.7 Å². The van der Waals surface area contributed by atoms with Gasteiger partial charge in [0.05, 0.1) is 0 Å². The fraction of sp³-hybridized carbons (Fsp3) is 0.545. The summed E-state index contributed by atoms with van der Waals surface area (Å²) >= 11 is 3.51. The second-order valence-corrected chi connectivity index (χ2v) is 4.70. The van der Waals surface area contributed by atoms with E-state index in [1.54, 1.807) is 0 Å². The minimum atomic E-state index is 0.501. The molecular formula is C11H15BrN2O. The van der Waals surface area contributed by atoms with Crippen LogP contribution >= 0.6 is 15.9 Å². The van der Waals surface area contributed by atoms with Crippen molar-refractivity contribution in [1.82, 2.24) is 4.98 Å². The van der Waals surface area contributed by atoms with Crippen LogP contribution in [0.15, 0.2) is 16.7 Å². The summed E-state index contributed by atoms with van der Waals surface area (Å²) in [7, 11) is 0. The molecule has 0 spiro atoms. The Morgan fingerprint density at radius 3 is 2.87 bits per heavy atom. The Balaban J connectivity index is 2.00. The van der Waals surface area contributed by atoms with Crippen LogP contribution in [0.25, 0.3) is 0 Å². The number of aromatic nitrogens is 1. The maximum Gasteiger partial charge on any atom is 0.127 e. The summed E-state index contributed by atoms with van der Waals surface area (Å²) in [4.78, 5) is 4.35. The molecule has 3 nitrogen and oxygen atoms in total. The molecule has 4 heteroatoms. The third kappa shape index (κ3) is 2.92. The first-order valence-electron chi connectivity index (χ1n) is 5.22. The minimum Gasteiger partial charge on any atom is -0.381 e. The van der Waals surface area contributed by atoms with Gasteiger partial charge in [-0.15, -0.1) is 0 Å². The topological polar surface area (TPSA) is 34.2 Å². The fourth-order valence-corrected chi connectivity index (χ4v) is 1.95. The maximum absolute atomic E-state index is 5.31. The number of rotatable bonds is 2. The number of hydrogen-bond donors (Lipinski definition) is 1. The van der Waals surface area contributed by atoms with Gasteiger partial charge in [-0.1, -0.05) is 15.9 Å². The average molecular weight is 271 g/mol. The Bertz CT molecular complexity index is 337. The lowest BCUT2D eigenvalue weighted by molar-refractivity contribution is 0.0904. The Morgan fingerprint density at radius 2 is 2.20 bits per heavy atom. The molecule has 0 atom stereocenters. The van der Waals surface area contributed by atoms with E-state index in [0.717, 1.165) is 41.9 Å². The number of aryl methyl sites for hydroxylation is 1. The molecule has 1 aliphatic rings. The highest BCUT2D eigenvalue weighted by atomic mass is 79.9. The maximum atomic E-state index is 5.31. The Labute approximate surface area is 98.4 Å². The van der Waals surface area contributed by atoms with Gasteiger partial charge in [-0.05, 0) is 31.4 Å². The van der Waals surface area contributed by atoms with Crippen LogP contribution in [0.3, 0.4) is 0 Å². The first-order valence-corrected chi connectivity index (χ1v) is 6.01. The number of nitrogens with zero attached hydrogens (tertiary/aromatic N) is 1. The molecule has 0 radical (unpaired) electrons. The summed E-state index contributed by atoms with van der Waals surface area (Å²) in [6.07, 6.45) is 4.01. The molecule has 15 heavy (non-hydrogen) atoms. The lowest BCUT2D eigenvalue weighted by Crippen LogP contribution is -2.28. The van der Waals surface area contributed by atoms with Crippen LogP contribution in [0.5, 0.6) is 0 Å². The molecule has 0 amide bonds. The van der Waals surface area contributed by atoms with Gasteiger partial charge in [-0.2, -0.15) is 0 Å². The normalized spacial score (nSPS) is 17.7. The number of pyridine rings is 1. The molecular weight excluding hydrogens is 256 g/mol. The van der Waals surface area contributed by atoms with Crippen molar-refractivity contribution in [3.63, 3.8) is 0 Å². The molecule has 1 aromatic rings. The zero-order valence-corrected chi connectivity index (χ0v) is 10.4. The predicted molar refractivity (Wildman–Crippen MR) is 64.1 cm³/mol. The molecule has 1 fully saturated rings. The van der Waals surface area contributed by atoms with E-state index in [9.17, 15) is 0 Å². The summed E-state index contributed by atoms with van der Waals surface area (Å²) in [6.45, 7) is 3.74. The number of anilines is 1. The zero-order valence-electron chi connectivity index (χ0n) is 8.79. The average Bonchev–Trinajstić information content (AvgIpc) is 2.25. The lowest BCUT2D eigenvalue weighted by Gasteiger charge is -2.23. The van der Waals surface area contributed by atoms with Crippen molar-refractivity contribution < 1.29 is 4.74 Å². The Hall–Kier alpha value is -0.610. The first kappa shape index (κ1) is 10.9. The minimum absolute atomic E-state index is 0.501. The monoisotopic (exact) mass is 270 g/mol. The molecule has 1 N–H and O–H groups in total.